The van der Waals surface area contributed by atoms with E-state index >= 15 is 0 Å². The SMILES string of the molecule is [C-]#[N+]c1cc(Oc2c(F)cc3[nH]ccc3c2C=C)ccc1F. The molecule has 0 aliphatic heterocycles. The first kappa shape index (κ1) is 13.8. The summed E-state index contributed by atoms with van der Waals surface area (Å²) >= 11 is 0. The summed E-state index contributed by atoms with van der Waals surface area (Å²) in [6.45, 7) is 10.6. The lowest BCUT2D eigenvalue weighted by atomic mass is 10.1. The van der Waals surface area contributed by atoms with E-state index in [-0.39, 0.29) is 17.2 Å². The van der Waals surface area contributed by atoms with Crippen LogP contribution in [0.15, 0.2) is 43.1 Å². The fourth-order valence-corrected chi connectivity index (χ4v) is 2.25. The maximum absolute atomic E-state index is 14.3. The fraction of sp³-hybridized carbons (Fsp3) is 0. The van der Waals surface area contributed by atoms with E-state index in [1.807, 2.05) is 0 Å². The Balaban J connectivity index is 2.13. The van der Waals surface area contributed by atoms with Crippen LogP contribution < -0.4 is 4.74 Å². The predicted molar refractivity (Wildman–Crippen MR) is 81.1 cm³/mol. The van der Waals surface area contributed by atoms with Crippen molar-refractivity contribution in [2.45, 2.75) is 0 Å². The Labute approximate surface area is 125 Å². The highest BCUT2D eigenvalue weighted by Gasteiger charge is 2.15. The van der Waals surface area contributed by atoms with Crippen molar-refractivity contribution < 1.29 is 13.5 Å². The van der Waals surface area contributed by atoms with Crippen molar-refractivity contribution in [1.82, 2.24) is 4.98 Å². The first-order valence-corrected chi connectivity index (χ1v) is 6.41. The normalized spacial score (nSPS) is 10.4. The van der Waals surface area contributed by atoms with Crippen molar-refractivity contribution in [2.24, 2.45) is 0 Å². The Morgan fingerprint density at radius 2 is 2.00 bits per heavy atom. The van der Waals surface area contributed by atoms with E-state index in [4.69, 9.17) is 11.3 Å². The Morgan fingerprint density at radius 3 is 2.73 bits per heavy atom. The molecule has 0 bridgehead atoms. The number of benzene rings is 2. The molecule has 1 N–H and O–H groups in total. The third kappa shape index (κ3) is 2.21. The molecule has 0 saturated heterocycles. The molecule has 0 aliphatic rings. The van der Waals surface area contributed by atoms with Gasteiger partial charge in [0.25, 0.3) is 0 Å². The van der Waals surface area contributed by atoms with Gasteiger partial charge in [0.05, 0.1) is 6.57 Å². The van der Waals surface area contributed by atoms with Gasteiger partial charge in [-0.25, -0.2) is 13.6 Å². The molecule has 0 fully saturated rings. The summed E-state index contributed by atoms with van der Waals surface area (Å²) in [5, 5.41) is 0.763. The van der Waals surface area contributed by atoms with E-state index in [2.05, 4.69) is 16.4 Å². The standard InChI is InChI=1S/C17H10F2N2O/c1-3-11-12-6-7-21-15(12)9-14(19)17(11)22-10-4-5-13(18)16(8-10)20-2/h3-9,21H,1H2. The number of nitrogens with one attached hydrogen (secondary N) is 1. The van der Waals surface area contributed by atoms with E-state index in [1.165, 1.54) is 24.3 Å². The number of halogens is 2. The van der Waals surface area contributed by atoms with Crippen LogP contribution in [0.3, 0.4) is 0 Å². The zero-order valence-electron chi connectivity index (χ0n) is 11.4. The van der Waals surface area contributed by atoms with Crippen LogP contribution in [0.1, 0.15) is 5.56 Å². The molecule has 22 heavy (non-hydrogen) atoms. The third-order valence-electron chi connectivity index (χ3n) is 3.26. The summed E-state index contributed by atoms with van der Waals surface area (Å²) in [7, 11) is 0. The summed E-state index contributed by atoms with van der Waals surface area (Å²) in [4.78, 5) is 5.97. The summed E-state index contributed by atoms with van der Waals surface area (Å²) in [6, 6.07) is 6.79. The molecule has 108 valence electrons. The molecule has 0 aliphatic carbocycles. The van der Waals surface area contributed by atoms with E-state index in [0.29, 0.717) is 11.1 Å². The van der Waals surface area contributed by atoms with Crippen molar-refractivity contribution in [3.63, 3.8) is 0 Å². The van der Waals surface area contributed by atoms with Gasteiger partial charge in [0.15, 0.2) is 11.6 Å². The van der Waals surface area contributed by atoms with E-state index < -0.39 is 11.6 Å². The number of aromatic nitrogens is 1. The Bertz CT molecular complexity index is 922. The van der Waals surface area contributed by atoms with Crippen LogP contribution in [-0.4, -0.2) is 4.98 Å². The fourth-order valence-electron chi connectivity index (χ4n) is 2.25. The minimum absolute atomic E-state index is 0.00959. The molecule has 0 amide bonds. The second kappa shape index (κ2) is 5.34. The number of aromatic amines is 1. The molecule has 0 radical (unpaired) electrons. The highest BCUT2D eigenvalue weighted by molar-refractivity contribution is 5.91. The maximum atomic E-state index is 14.3. The first-order chi connectivity index (χ1) is 10.6. The molecule has 2 aromatic carbocycles. The summed E-state index contributed by atoms with van der Waals surface area (Å²) in [5.74, 6) is -1.04. The molecule has 0 saturated carbocycles. The van der Waals surface area contributed by atoms with Crippen LogP contribution in [0, 0.1) is 18.2 Å². The van der Waals surface area contributed by atoms with E-state index in [0.717, 1.165) is 11.5 Å². The molecule has 3 nitrogen and oxygen atoms in total. The van der Waals surface area contributed by atoms with Crippen LogP contribution in [0.25, 0.3) is 21.8 Å². The zero-order valence-corrected chi connectivity index (χ0v) is 11.4. The zero-order chi connectivity index (χ0) is 15.7. The van der Waals surface area contributed by atoms with Crippen molar-refractivity contribution in [3.8, 4) is 11.5 Å². The van der Waals surface area contributed by atoms with Crippen molar-refractivity contribution in [3.05, 3.63) is 71.7 Å². The van der Waals surface area contributed by atoms with Crippen molar-refractivity contribution >= 4 is 22.7 Å². The molecule has 1 aromatic heterocycles. The average Bonchev–Trinajstić information content (AvgIpc) is 2.97. The van der Waals surface area contributed by atoms with Gasteiger partial charge >= 0.3 is 0 Å². The number of hydrogen-bond acceptors (Lipinski definition) is 1. The lowest BCUT2D eigenvalue weighted by molar-refractivity contribution is 0.441. The molecule has 1 heterocycles. The van der Waals surface area contributed by atoms with E-state index in [9.17, 15) is 8.78 Å². The van der Waals surface area contributed by atoms with Crippen molar-refractivity contribution in [1.29, 1.82) is 0 Å². The maximum Gasteiger partial charge on any atom is 0.225 e. The molecular weight excluding hydrogens is 286 g/mol. The molecular formula is C17H10F2N2O. The second-order valence-corrected chi connectivity index (χ2v) is 4.57. The molecule has 0 atom stereocenters. The van der Waals surface area contributed by atoms with Gasteiger partial charge in [-0.2, -0.15) is 0 Å². The van der Waals surface area contributed by atoms with Crippen molar-refractivity contribution in [2.75, 3.05) is 0 Å². The Morgan fingerprint density at radius 1 is 1.18 bits per heavy atom. The minimum atomic E-state index is -0.646. The number of nitrogens with zero attached hydrogens (tertiary/aromatic N) is 1. The summed E-state index contributed by atoms with van der Waals surface area (Å²) in [5.41, 5.74) is 0.937. The average molecular weight is 296 g/mol. The monoisotopic (exact) mass is 296 g/mol. The quantitative estimate of drug-likeness (QED) is 0.641. The highest BCUT2D eigenvalue weighted by Crippen LogP contribution is 2.36. The second-order valence-electron chi connectivity index (χ2n) is 4.57. The van der Waals surface area contributed by atoms with Crippen LogP contribution in [0.2, 0.25) is 0 Å². The van der Waals surface area contributed by atoms with Crippen LogP contribution in [-0.2, 0) is 0 Å². The Kier molecular flexibility index (Phi) is 3.36. The largest absolute Gasteiger partial charge is 0.455 e. The van der Waals surface area contributed by atoms with Crippen LogP contribution in [0.5, 0.6) is 11.5 Å². The number of hydrogen-bond donors (Lipinski definition) is 1. The van der Waals surface area contributed by atoms with Crippen LogP contribution >= 0.6 is 0 Å². The minimum Gasteiger partial charge on any atom is -0.455 e. The van der Waals surface area contributed by atoms with Gasteiger partial charge in [-0.1, -0.05) is 12.7 Å². The first-order valence-electron chi connectivity index (χ1n) is 6.41. The Hall–Kier alpha value is -3.13. The molecule has 5 heteroatoms. The summed E-state index contributed by atoms with van der Waals surface area (Å²) in [6.07, 6.45) is 3.18. The molecule has 3 aromatic rings. The lowest BCUT2D eigenvalue weighted by Gasteiger charge is -2.11. The smallest absolute Gasteiger partial charge is 0.225 e. The predicted octanol–water partition coefficient (Wildman–Crippen LogP) is 5.43. The number of H-pyrrole nitrogens is 1. The van der Waals surface area contributed by atoms with E-state index in [1.54, 1.807) is 12.3 Å². The topological polar surface area (TPSA) is 29.4 Å². The number of rotatable bonds is 3. The summed E-state index contributed by atoms with van der Waals surface area (Å²) < 4.78 is 33.1. The van der Waals surface area contributed by atoms with Gasteiger partial charge in [0.1, 0.15) is 11.6 Å². The van der Waals surface area contributed by atoms with Gasteiger partial charge in [0.2, 0.25) is 5.69 Å². The third-order valence-corrected chi connectivity index (χ3v) is 3.26. The van der Waals surface area contributed by atoms with Crippen LogP contribution in [0.4, 0.5) is 14.5 Å². The highest BCUT2D eigenvalue weighted by atomic mass is 19.1. The van der Waals surface area contributed by atoms with Gasteiger partial charge in [0, 0.05) is 28.7 Å². The van der Waals surface area contributed by atoms with Gasteiger partial charge < -0.3 is 9.72 Å². The molecule has 0 spiro atoms. The lowest BCUT2D eigenvalue weighted by Crippen LogP contribution is -1.93. The van der Waals surface area contributed by atoms with Gasteiger partial charge in [-0.3, -0.25) is 0 Å². The number of fused-ring (bicyclic) bond motifs is 1. The molecule has 0 unspecified atom stereocenters. The van der Waals surface area contributed by atoms with Gasteiger partial charge in [-0.15, -0.1) is 0 Å². The molecule has 3 rings (SSSR count). The number of ether oxygens (including phenoxy) is 1. The van der Waals surface area contributed by atoms with Gasteiger partial charge in [-0.05, 0) is 24.3 Å².